The first-order valence-corrected chi connectivity index (χ1v) is 10.2. The van der Waals surface area contributed by atoms with E-state index in [0.29, 0.717) is 18.6 Å². The summed E-state index contributed by atoms with van der Waals surface area (Å²) >= 11 is 0. The summed E-state index contributed by atoms with van der Waals surface area (Å²) in [4.78, 5) is 7.30. The zero-order valence-electron chi connectivity index (χ0n) is 16.8. The molecule has 2 unspecified atom stereocenters. The first-order valence-electron chi connectivity index (χ1n) is 10.2. The molecule has 1 saturated heterocycles. The summed E-state index contributed by atoms with van der Waals surface area (Å²) in [6.45, 7) is 11.5. The second-order valence-electron chi connectivity index (χ2n) is 7.88. The fraction of sp³-hybridized carbons (Fsp3) is 0.667. The Balaban J connectivity index is 1.58. The van der Waals surface area contributed by atoms with Crippen molar-refractivity contribution in [2.24, 2.45) is 4.99 Å². The zero-order chi connectivity index (χ0) is 19.3. The van der Waals surface area contributed by atoms with Gasteiger partial charge in [-0.2, -0.15) is 0 Å². The van der Waals surface area contributed by atoms with Gasteiger partial charge in [-0.15, -0.1) is 0 Å². The van der Waals surface area contributed by atoms with Crippen molar-refractivity contribution >= 4 is 5.96 Å². The Hall–Kier alpha value is -1.66. The molecule has 1 aromatic rings. The Morgan fingerprint density at radius 1 is 1.41 bits per heavy atom. The lowest BCUT2D eigenvalue weighted by Gasteiger charge is -2.38. The smallest absolute Gasteiger partial charge is 0.191 e. The van der Waals surface area contributed by atoms with Gasteiger partial charge in [-0.1, -0.05) is 12.1 Å². The third-order valence-electron chi connectivity index (χ3n) is 5.72. The number of guanidine groups is 1. The predicted molar refractivity (Wildman–Crippen MR) is 108 cm³/mol. The van der Waals surface area contributed by atoms with Crippen LogP contribution in [0, 0.1) is 5.82 Å². The number of nitrogens with one attached hydrogen (secondary N) is 2. The lowest BCUT2D eigenvalue weighted by Crippen LogP contribution is -2.53. The van der Waals surface area contributed by atoms with Crippen molar-refractivity contribution in [3.63, 3.8) is 0 Å². The summed E-state index contributed by atoms with van der Waals surface area (Å²) in [6.07, 6.45) is 2.14. The van der Waals surface area contributed by atoms with Crippen LogP contribution in [0.5, 0.6) is 0 Å². The lowest BCUT2D eigenvalue weighted by atomic mass is 9.96. The highest BCUT2D eigenvalue weighted by molar-refractivity contribution is 5.79. The van der Waals surface area contributed by atoms with Crippen LogP contribution in [0.25, 0.3) is 0 Å². The van der Waals surface area contributed by atoms with Crippen molar-refractivity contribution in [1.29, 1.82) is 0 Å². The number of hydrogen-bond acceptors (Lipinski definition) is 3. The highest BCUT2D eigenvalue weighted by atomic mass is 19.1. The van der Waals surface area contributed by atoms with Gasteiger partial charge in [0, 0.05) is 37.1 Å². The summed E-state index contributed by atoms with van der Waals surface area (Å²) in [5, 5.41) is 6.82. The summed E-state index contributed by atoms with van der Waals surface area (Å²) in [7, 11) is 0. The molecule has 1 heterocycles. The second kappa shape index (κ2) is 9.02. The van der Waals surface area contributed by atoms with E-state index < -0.39 is 0 Å². The van der Waals surface area contributed by atoms with Crippen molar-refractivity contribution in [1.82, 2.24) is 15.5 Å². The lowest BCUT2D eigenvalue weighted by molar-refractivity contribution is -0.0174. The standard InChI is InChI=1S/C21H33FN4O/c1-4-23-20(24-13-16(2)26-10-11-27-14-17(26)3)25-15-21(8-9-21)18-6-5-7-19(22)12-18/h5-7,12,16-17H,4,8-11,13-15H2,1-3H3,(H2,23,24,25). The topological polar surface area (TPSA) is 48.9 Å². The summed E-state index contributed by atoms with van der Waals surface area (Å²) < 4.78 is 19.1. The third kappa shape index (κ3) is 5.20. The predicted octanol–water partition coefficient (Wildman–Crippen LogP) is 2.52. The largest absolute Gasteiger partial charge is 0.379 e. The second-order valence-corrected chi connectivity index (χ2v) is 7.88. The first kappa shape index (κ1) is 20.1. The molecule has 2 fully saturated rings. The van der Waals surface area contributed by atoms with Crippen molar-refractivity contribution in [2.75, 3.05) is 39.4 Å². The van der Waals surface area contributed by atoms with Crippen molar-refractivity contribution < 1.29 is 9.13 Å². The molecule has 0 spiro atoms. The number of hydrogen-bond donors (Lipinski definition) is 2. The maximum atomic E-state index is 13.6. The van der Waals surface area contributed by atoms with Crippen LogP contribution in [0.2, 0.25) is 0 Å². The van der Waals surface area contributed by atoms with E-state index in [9.17, 15) is 4.39 Å². The van der Waals surface area contributed by atoms with E-state index in [1.807, 2.05) is 6.07 Å². The highest BCUT2D eigenvalue weighted by Gasteiger charge is 2.44. The monoisotopic (exact) mass is 376 g/mol. The number of ether oxygens (including phenoxy) is 1. The van der Waals surface area contributed by atoms with E-state index in [-0.39, 0.29) is 11.2 Å². The number of halogens is 1. The van der Waals surface area contributed by atoms with Gasteiger partial charge in [0.1, 0.15) is 5.82 Å². The Morgan fingerprint density at radius 3 is 2.89 bits per heavy atom. The average molecular weight is 377 g/mol. The van der Waals surface area contributed by atoms with Gasteiger partial charge in [0.15, 0.2) is 5.96 Å². The normalized spacial score (nSPS) is 23.7. The van der Waals surface area contributed by atoms with Crippen LogP contribution in [0.15, 0.2) is 29.3 Å². The van der Waals surface area contributed by atoms with E-state index in [0.717, 1.165) is 57.2 Å². The number of nitrogens with zero attached hydrogens (tertiary/aromatic N) is 2. The van der Waals surface area contributed by atoms with Gasteiger partial charge in [-0.3, -0.25) is 9.89 Å². The summed E-state index contributed by atoms with van der Waals surface area (Å²) in [6, 6.07) is 7.83. The minimum Gasteiger partial charge on any atom is -0.379 e. The summed E-state index contributed by atoms with van der Waals surface area (Å²) in [5.41, 5.74) is 1.08. The SMILES string of the molecule is CCNC(=NCC1(c2cccc(F)c2)CC1)NCC(C)N1CCOCC1C. The van der Waals surface area contributed by atoms with Crippen LogP contribution in [0.3, 0.4) is 0 Å². The molecule has 1 aromatic carbocycles. The van der Waals surface area contributed by atoms with Crippen molar-refractivity contribution in [3.05, 3.63) is 35.6 Å². The fourth-order valence-electron chi connectivity index (χ4n) is 3.84. The molecule has 2 aliphatic rings. The maximum Gasteiger partial charge on any atom is 0.191 e. The van der Waals surface area contributed by atoms with Crippen LogP contribution in [-0.4, -0.2) is 62.3 Å². The molecule has 1 aliphatic heterocycles. The van der Waals surface area contributed by atoms with E-state index >= 15 is 0 Å². The van der Waals surface area contributed by atoms with Crippen LogP contribution in [0.1, 0.15) is 39.2 Å². The number of benzene rings is 1. The zero-order valence-corrected chi connectivity index (χ0v) is 16.8. The quantitative estimate of drug-likeness (QED) is 0.567. The number of rotatable bonds is 7. The molecule has 0 radical (unpaired) electrons. The van der Waals surface area contributed by atoms with Gasteiger partial charge < -0.3 is 15.4 Å². The molecular formula is C21H33FN4O. The van der Waals surface area contributed by atoms with Gasteiger partial charge in [0.25, 0.3) is 0 Å². The molecule has 1 aliphatic carbocycles. The molecule has 0 bridgehead atoms. The average Bonchev–Trinajstić information content (AvgIpc) is 3.45. The molecule has 6 heteroatoms. The van der Waals surface area contributed by atoms with Gasteiger partial charge in [0.2, 0.25) is 0 Å². The highest BCUT2D eigenvalue weighted by Crippen LogP contribution is 2.48. The maximum absolute atomic E-state index is 13.6. The van der Waals surface area contributed by atoms with Crippen LogP contribution in [0.4, 0.5) is 4.39 Å². The van der Waals surface area contributed by atoms with Gasteiger partial charge >= 0.3 is 0 Å². The number of morpholine rings is 1. The molecule has 1 saturated carbocycles. The van der Waals surface area contributed by atoms with Gasteiger partial charge in [-0.25, -0.2) is 4.39 Å². The third-order valence-corrected chi connectivity index (χ3v) is 5.72. The molecule has 2 atom stereocenters. The minimum absolute atomic E-state index is 0.00872. The van der Waals surface area contributed by atoms with Crippen LogP contribution < -0.4 is 10.6 Å². The van der Waals surface area contributed by atoms with Crippen LogP contribution >= 0.6 is 0 Å². The van der Waals surface area contributed by atoms with E-state index in [2.05, 4.69) is 36.3 Å². The van der Waals surface area contributed by atoms with Gasteiger partial charge in [0.05, 0.1) is 19.8 Å². The number of aliphatic imine (C=N–C) groups is 1. The Morgan fingerprint density at radius 2 is 2.22 bits per heavy atom. The van der Waals surface area contributed by atoms with Crippen LogP contribution in [-0.2, 0) is 10.2 Å². The van der Waals surface area contributed by atoms with Crippen molar-refractivity contribution in [2.45, 2.75) is 51.1 Å². The van der Waals surface area contributed by atoms with Crippen molar-refractivity contribution in [3.8, 4) is 0 Å². The Bertz CT molecular complexity index is 647. The molecular weight excluding hydrogens is 343 g/mol. The minimum atomic E-state index is -0.166. The molecule has 27 heavy (non-hydrogen) atoms. The molecule has 150 valence electrons. The fourth-order valence-corrected chi connectivity index (χ4v) is 3.84. The van der Waals surface area contributed by atoms with E-state index in [1.165, 1.54) is 6.07 Å². The molecule has 0 amide bonds. The first-order chi connectivity index (χ1) is 13.0. The molecule has 0 aromatic heterocycles. The Kier molecular flexibility index (Phi) is 6.71. The Labute approximate surface area is 162 Å². The summed E-state index contributed by atoms with van der Waals surface area (Å²) in [5.74, 6) is 0.675. The van der Waals surface area contributed by atoms with E-state index in [4.69, 9.17) is 9.73 Å². The van der Waals surface area contributed by atoms with E-state index in [1.54, 1.807) is 12.1 Å². The molecule has 5 nitrogen and oxygen atoms in total. The van der Waals surface area contributed by atoms with Gasteiger partial charge in [-0.05, 0) is 51.3 Å². The molecule has 2 N–H and O–H groups in total. The molecule has 3 rings (SSSR count).